The van der Waals surface area contributed by atoms with Crippen molar-refractivity contribution in [2.45, 2.75) is 13.3 Å². The minimum Gasteiger partial charge on any atom is -0.309 e. The second-order valence-electron chi connectivity index (χ2n) is 14.7. The molecule has 0 aliphatic heterocycles. The fourth-order valence-electron chi connectivity index (χ4n) is 8.08. The van der Waals surface area contributed by atoms with Crippen LogP contribution in [0.5, 0.6) is 0 Å². The maximum Gasteiger partial charge on any atom is 0.160 e. The molecule has 0 saturated carbocycles. The van der Waals surface area contributed by atoms with E-state index in [2.05, 4.69) is 194 Å². The summed E-state index contributed by atoms with van der Waals surface area (Å²) in [6, 6.07) is 65.0. The molecule has 0 amide bonds. The van der Waals surface area contributed by atoms with Crippen molar-refractivity contribution in [1.82, 2.24) is 14.5 Å². The largest absolute Gasteiger partial charge is 0.309 e. The van der Waals surface area contributed by atoms with Gasteiger partial charge in [-0.1, -0.05) is 165 Å². The first-order chi connectivity index (χ1) is 27.6. The highest BCUT2D eigenvalue weighted by atomic mass is 15.0. The topological polar surface area (TPSA) is 30.7 Å². The van der Waals surface area contributed by atoms with Gasteiger partial charge in [-0.05, 0) is 88.2 Å². The van der Waals surface area contributed by atoms with E-state index in [1.165, 1.54) is 55.2 Å². The van der Waals surface area contributed by atoms with E-state index in [4.69, 9.17) is 9.97 Å². The van der Waals surface area contributed by atoms with Crippen LogP contribution in [0.1, 0.15) is 18.9 Å². The van der Waals surface area contributed by atoms with E-state index in [1.54, 1.807) is 0 Å². The molecule has 56 heavy (non-hydrogen) atoms. The number of allylic oxidation sites excluding steroid dienone is 4. The minimum atomic E-state index is 0.550. The number of rotatable bonds is 7. The summed E-state index contributed by atoms with van der Waals surface area (Å²) in [6.07, 6.45) is 7.73. The highest BCUT2D eigenvalue weighted by Gasteiger charge is 2.17. The summed E-state index contributed by atoms with van der Waals surface area (Å²) in [7, 11) is 0. The lowest BCUT2D eigenvalue weighted by Crippen LogP contribution is -1.98. The van der Waals surface area contributed by atoms with E-state index < -0.39 is 0 Å². The van der Waals surface area contributed by atoms with E-state index in [1.807, 2.05) is 18.2 Å². The van der Waals surface area contributed by atoms with Crippen LogP contribution in [0.3, 0.4) is 0 Å². The van der Waals surface area contributed by atoms with E-state index >= 15 is 0 Å². The Balaban J connectivity index is 1.07. The van der Waals surface area contributed by atoms with E-state index in [0.29, 0.717) is 11.7 Å². The smallest absolute Gasteiger partial charge is 0.160 e. The molecule has 0 spiro atoms. The molecule has 266 valence electrons. The van der Waals surface area contributed by atoms with Crippen molar-refractivity contribution in [2.75, 3.05) is 0 Å². The molecule has 3 nitrogen and oxygen atoms in total. The Morgan fingerprint density at radius 1 is 0.446 bits per heavy atom. The first-order valence-corrected chi connectivity index (χ1v) is 19.4. The van der Waals surface area contributed by atoms with Crippen molar-refractivity contribution in [3.63, 3.8) is 0 Å². The first kappa shape index (κ1) is 33.5. The van der Waals surface area contributed by atoms with Crippen LogP contribution in [0, 0.1) is 5.92 Å². The molecule has 0 bridgehead atoms. The summed E-state index contributed by atoms with van der Waals surface area (Å²) in [6.45, 7) is 2.27. The zero-order chi connectivity index (χ0) is 37.4. The van der Waals surface area contributed by atoms with Crippen LogP contribution in [0.4, 0.5) is 0 Å². The first-order valence-electron chi connectivity index (χ1n) is 19.4. The number of benzene rings is 7. The molecule has 3 heteroatoms. The van der Waals surface area contributed by atoms with Gasteiger partial charge in [0.05, 0.1) is 22.4 Å². The summed E-state index contributed by atoms with van der Waals surface area (Å²) in [5, 5.41) is 2.46. The molecule has 1 aliphatic carbocycles. The van der Waals surface area contributed by atoms with Gasteiger partial charge in [0, 0.05) is 33.2 Å². The van der Waals surface area contributed by atoms with Crippen LogP contribution in [-0.2, 0) is 0 Å². The predicted octanol–water partition coefficient (Wildman–Crippen LogP) is 13.9. The van der Waals surface area contributed by atoms with Gasteiger partial charge in [-0.3, -0.25) is 0 Å². The van der Waals surface area contributed by atoms with Crippen LogP contribution < -0.4 is 0 Å². The molecule has 10 rings (SSSR count). The highest BCUT2D eigenvalue weighted by molar-refractivity contribution is 6.11. The van der Waals surface area contributed by atoms with Gasteiger partial charge in [-0.2, -0.15) is 0 Å². The zero-order valence-electron chi connectivity index (χ0n) is 31.2. The third-order valence-corrected chi connectivity index (χ3v) is 11.0. The van der Waals surface area contributed by atoms with Crippen LogP contribution in [-0.4, -0.2) is 14.5 Å². The molecular formula is C53H39N3. The Morgan fingerprint density at radius 3 is 1.43 bits per heavy atom. The fourth-order valence-corrected chi connectivity index (χ4v) is 8.08. The summed E-state index contributed by atoms with van der Waals surface area (Å²) in [5.74, 6) is 1.26. The molecule has 0 radical (unpaired) electrons. The Hall–Kier alpha value is -7.10. The van der Waals surface area contributed by atoms with Gasteiger partial charge < -0.3 is 4.57 Å². The van der Waals surface area contributed by atoms with Crippen molar-refractivity contribution < 1.29 is 0 Å². The second kappa shape index (κ2) is 14.3. The quantitative estimate of drug-likeness (QED) is 0.164. The molecular weight excluding hydrogens is 679 g/mol. The van der Waals surface area contributed by atoms with Crippen LogP contribution in [0.15, 0.2) is 200 Å². The van der Waals surface area contributed by atoms with Crippen molar-refractivity contribution in [1.29, 1.82) is 0 Å². The summed E-state index contributed by atoms with van der Waals surface area (Å²) in [5.41, 5.74) is 15.8. The van der Waals surface area contributed by atoms with E-state index in [-0.39, 0.29) is 0 Å². The molecule has 1 aliphatic rings. The van der Waals surface area contributed by atoms with Gasteiger partial charge in [0.1, 0.15) is 0 Å². The SMILES string of the molecule is CC1C=CC=C(c2ccc(-c3cc(-c4ccc(-n5c6ccc(-c7ccccc7)cc6c6cc(-c7ccccc7)ccc65)cc4)nc(-c4ccccc4)n3)cc2)C1. The van der Waals surface area contributed by atoms with Gasteiger partial charge in [0.2, 0.25) is 0 Å². The lowest BCUT2D eigenvalue weighted by atomic mass is 9.90. The number of nitrogens with zero attached hydrogens (tertiary/aromatic N) is 3. The predicted molar refractivity (Wildman–Crippen MR) is 234 cm³/mol. The number of hydrogen-bond donors (Lipinski definition) is 0. The lowest BCUT2D eigenvalue weighted by molar-refractivity contribution is 0.749. The van der Waals surface area contributed by atoms with Gasteiger partial charge in [-0.15, -0.1) is 0 Å². The highest BCUT2D eigenvalue weighted by Crippen LogP contribution is 2.38. The zero-order valence-corrected chi connectivity index (χ0v) is 31.2. The summed E-state index contributed by atoms with van der Waals surface area (Å²) in [4.78, 5) is 10.2. The average Bonchev–Trinajstić information content (AvgIpc) is 3.60. The molecule has 7 aromatic carbocycles. The van der Waals surface area contributed by atoms with E-state index in [0.717, 1.165) is 40.2 Å². The van der Waals surface area contributed by atoms with Gasteiger partial charge in [0.25, 0.3) is 0 Å². The van der Waals surface area contributed by atoms with Crippen molar-refractivity contribution in [3.8, 4) is 61.8 Å². The molecule has 0 N–H and O–H groups in total. The Morgan fingerprint density at radius 2 is 0.911 bits per heavy atom. The third-order valence-electron chi connectivity index (χ3n) is 11.0. The van der Waals surface area contributed by atoms with Crippen molar-refractivity contribution in [3.05, 3.63) is 206 Å². The van der Waals surface area contributed by atoms with Crippen LogP contribution in [0.25, 0.3) is 89.2 Å². The van der Waals surface area contributed by atoms with Crippen LogP contribution >= 0.6 is 0 Å². The second-order valence-corrected chi connectivity index (χ2v) is 14.7. The summed E-state index contributed by atoms with van der Waals surface area (Å²) < 4.78 is 2.39. The number of fused-ring (bicyclic) bond motifs is 3. The standard InChI is InChI=1S/C53H39N3/c1-36-12-11-19-43(32-36)39-20-22-40(23-21-39)49-35-50(55-53(54-49)42-17-9-4-10-18-42)41-24-28-46(29-25-41)56-51-30-26-44(37-13-5-2-6-14-37)33-47(51)48-34-45(27-31-52(48)56)38-15-7-3-8-16-38/h2-31,33-36H,32H2,1H3. The van der Waals surface area contributed by atoms with Crippen LogP contribution in [0.2, 0.25) is 0 Å². The Kier molecular flexibility index (Phi) is 8.53. The van der Waals surface area contributed by atoms with Gasteiger partial charge in [-0.25, -0.2) is 9.97 Å². The molecule has 1 unspecified atom stereocenters. The minimum absolute atomic E-state index is 0.550. The Labute approximate surface area is 327 Å². The van der Waals surface area contributed by atoms with Gasteiger partial charge >= 0.3 is 0 Å². The lowest BCUT2D eigenvalue weighted by Gasteiger charge is -2.15. The van der Waals surface area contributed by atoms with Crippen molar-refractivity contribution in [2.24, 2.45) is 5.92 Å². The normalized spacial score (nSPS) is 13.9. The fraction of sp³-hybridized carbons (Fsp3) is 0.0566. The monoisotopic (exact) mass is 717 g/mol. The number of aromatic nitrogens is 3. The maximum atomic E-state index is 5.13. The number of hydrogen-bond acceptors (Lipinski definition) is 2. The molecule has 2 heterocycles. The average molecular weight is 718 g/mol. The molecule has 9 aromatic rings. The molecule has 2 aromatic heterocycles. The Bertz CT molecular complexity index is 2810. The van der Waals surface area contributed by atoms with E-state index in [9.17, 15) is 0 Å². The summed E-state index contributed by atoms with van der Waals surface area (Å²) >= 11 is 0. The molecule has 0 saturated heterocycles. The van der Waals surface area contributed by atoms with Crippen molar-refractivity contribution >= 4 is 27.4 Å². The molecule has 0 fully saturated rings. The maximum absolute atomic E-state index is 5.13. The molecule has 1 atom stereocenters. The third kappa shape index (κ3) is 6.33. The van der Waals surface area contributed by atoms with Gasteiger partial charge in [0.15, 0.2) is 5.82 Å².